The van der Waals surface area contributed by atoms with Crippen LogP contribution in [0.5, 0.6) is 0 Å². The molecule has 0 aliphatic carbocycles. The standard InChI is InChI=1S/C22H42N3O11P/c1-8-12-31-21(28)33-18(15(5)10-3)35-37(30,24-20(23)25(7)14-17(26)27)36-19(16(6)11-4)34-22(29)32-13-9-2/h15-16,18-19H,8-14H2,1-7H3,(H,26,27)(H2,23,24,30). The van der Waals surface area contributed by atoms with Crippen molar-refractivity contribution >= 4 is 32.0 Å². The molecule has 216 valence electrons. The molecule has 0 aromatic rings. The van der Waals surface area contributed by atoms with Gasteiger partial charge in [-0.2, -0.15) is 0 Å². The maximum atomic E-state index is 13.9. The van der Waals surface area contributed by atoms with E-state index in [4.69, 9.17) is 38.5 Å². The summed E-state index contributed by atoms with van der Waals surface area (Å²) in [5, 5.41) is 19.4. The number of aliphatic carboxylic acids is 1. The van der Waals surface area contributed by atoms with Gasteiger partial charge in [0.15, 0.2) is 5.96 Å². The predicted molar refractivity (Wildman–Crippen MR) is 133 cm³/mol. The fourth-order valence-electron chi connectivity index (χ4n) is 2.34. The molecule has 14 nitrogen and oxygen atoms in total. The monoisotopic (exact) mass is 555 g/mol. The summed E-state index contributed by atoms with van der Waals surface area (Å²) >= 11 is 0. The Morgan fingerprint density at radius 2 is 1.30 bits per heavy atom. The lowest BCUT2D eigenvalue weighted by Crippen LogP contribution is -2.42. The van der Waals surface area contributed by atoms with Gasteiger partial charge in [0.1, 0.15) is 6.54 Å². The van der Waals surface area contributed by atoms with Gasteiger partial charge in [-0.3, -0.25) is 24.3 Å². The first-order valence-electron chi connectivity index (χ1n) is 12.3. The highest BCUT2D eigenvalue weighted by Gasteiger charge is 2.40. The predicted octanol–water partition coefficient (Wildman–Crippen LogP) is 4.54. The Bertz CT molecular complexity index is 741. The highest BCUT2D eigenvalue weighted by atomic mass is 31.2. The number of guanidine groups is 1. The molecule has 37 heavy (non-hydrogen) atoms. The number of nitrogens with one attached hydrogen (secondary N) is 2. The first-order chi connectivity index (χ1) is 17.3. The second-order valence-electron chi connectivity index (χ2n) is 8.36. The number of carbonyl (C=O) groups is 3. The van der Waals surface area contributed by atoms with Crippen LogP contribution in [0.4, 0.5) is 9.59 Å². The molecule has 15 heteroatoms. The van der Waals surface area contributed by atoms with Gasteiger partial charge in [0.05, 0.1) is 13.2 Å². The summed E-state index contributed by atoms with van der Waals surface area (Å²) in [7, 11) is -3.39. The third-order valence-electron chi connectivity index (χ3n) is 4.97. The van der Waals surface area contributed by atoms with Gasteiger partial charge in [0, 0.05) is 18.9 Å². The van der Waals surface area contributed by atoms with E-state index >= 15 is 0 Å². The number of carbonyl (C=O) groups excluding carboxylic acids is 2. The molecule has 0 radical (unpaired) electrons. The Kier molecular flexibility index (Phi) is 16.6. The van der Waals surface area contributed by atoms with Crippen molar-refractivity contribution in [1.82, 2.24) is 9.99 Å². The van der Waals surface area contributed by atoms with E-state index in [0.717, 1.165) is 4.90 Å². The molecule has 0 fully saturated rings. The van der Waals surface area contributed by atoms with Gasteiger partial charge in [-0.25, -0.2) is 14.2 Å². The SMILES string of the molecule is CCCOC(=O)OC(OP(=O)(NC(=N)N(C)CC(=O)O)OC(OC(=O)OCCC)C(C)CC)C(C)CC. The van der Waals surface area contributed by atoms with Crippen molar-refractivity contribution in [3.05, 3.63) is 0 Å². The van der Waals surface area contributed by atoms with Crippen molar-refractivity contribution in [1.29, 1.82) is 5.41 Å². The van der Waals surface area contributed by atoms with E-state index in [2.05, 4.69) is 5.09 Å². The minimum Gasteiger partial charge on any atom is -0.480 e. The fourth-order valence-corrected chi connectivity index (χ4v) is 3.98. The number of ether oxygens (including phenoxy) is 4. The Labute approximate surface area is 218 Å². The van der Waals surface area contributed by atoms with Crippen LogP contribution in [-0.4, -0.2) is 73.6 Å². The molecule has 0 heterocycles. The smallest absolute Gasteiger partial charge is 0.480 e. The average molecular weight is 556 g/mol. The molecule has 4 atom stereocenters. The molecule has 0 amide bonds. The second kappa shape index (κ2) is 17.8. The summed E-state index contributed by atoms with van der Waals surface area (Å²) in [5.41, 5.74) is 0. The molecule has 4 unspecified atom stereocenters. The van der Waals surface area contributed by atoms with E-state index in [0.29, 0.717) is 25.7 Å². The minimum absolute atomic E-state index is 0.0902. The molecule has 0 saturated heterocycles. The van der Waals surface area contributed by atoms with Crippen LogP contribution < -0.4 is 5.09 Å². The Balaban J connectivity index is 6.12. The van der Waals surface area contributed by atoms with E-state index in [1.54, 1.807) is 41.5 Å². The van der Waals surface area contributed by atoms with E-state index < -0.39 is 62.9 Å². The van der Waals surface area contributed by atoms with Gasteiger partial charge in [-0.05, 0) is 25.7 Å². The number of nitrogens with zero attached hydrogens (tertiary/aromatic N) is 1. The van der Waals surface area contributed by atoms with Gasteiger partial charge < -0.3 is 29.0 Å². The third kappa shape index (κ3) is 14.1. The lowest BCUT2D eigenvalue weighted by molar-refractivity contribution is -0.137. The number of hydrogen-bond donors (Lipinski definition) is 3. The lowest BCUT2D eigenvalue weighted by atomic mass is 10.1. The van der Waals surface area contributed by atoms with E-state index in [1.165, 1.54) is 7.05 Å². The molecule has 0 aliphatic rings. The third-order valence-corrected chi connectivity index (χ3v) is 6.43. The highest BCUT2D eigenvalue weighted by Crippen LogP contribution is 2.49. The summed E-state index contributed by atoms with van der Waals surface area (Å²) in [5.74, 6) is -2.88. The summed E-state index contributed by atoms with van der Waals surface area (Å²) in [6, 6.07) is 0. The zero-order chi connectivity index (χ0) is 28.6. The van der Waals surface area contributed by atoms with Crippen molar-refractivity contribution in [3.63, 3.8) is 0 Å². The van der Waals surface area contributed by atoms with Crippen LogP contribution in [0.3, 0.4) is 0 Å². The van der Waals surface area contributed by atoms with Gasteiger partial charge >= 0.3 is 26.0 Å². The van der Waals surface area contributed by atoms with Gasteiger partial charge in [-0.1, -0.05) is 41.5 Å². The normalized spacial score (nSPS) is 15.8. The molecule has 0 bridgehead atoms. The van der Waals surface area contributed by atoms with E-state index in [1.807, 2.05) is 0 Å². The van der Waals surface area contributed by atoms with Crippen LogP contribution in [-0.2, 0) is 37.4 Å². The summed E-state index contributed by atoms with van der Waals surface area (Å²) in [6.45, 7) is 10.0. The molecule has 0 rings (SSSR count). The second-order valence-corrected chi connectivity index (χ2v) is 10.00. The van der Waals surface area contributed by atoms with E-state index in [9.17, 15) is 18.9 Å². The molecule has 0 aromatic heterocycles. The molecular formula is C22H42N3O11P. The molecule has 0 spiro atoms. The van der Waals surface area contributed by atoms with Gasteiger partial charge in [0.2, 0.25) is 12.6 Å². The minimum atomic E-state index is -4.66. The van der Waals surface area contributed by atoms with E-state index in [-0.39, 0.29) is 13.2 Å². The Morgan fingerprint density at radius 3 is 1.62 bits per heavy atom. The molecule has 0 aromatic carbocycles. The molecular weight excluding hydrogens is 513 g/mol. The quantitative estimate of drug-likeness (QED) is 0.0748. The van der Waals surface area contributed by atoms with Crippen molar-refractivity contribution in [2.75, 3.05) is 26.8 Å². The summed E-state index contributed by atoms with van der Waals surface area (Å²) in [4.78, 5) is 36.2. The zero-order valence-electron chi connectivity index (χ0n) is 22.7. The molecule has 0 saturated carbocycles. The number of carboxylic acids is 1. The summed E-state index contributed by atoms with van der Waals surface area (Å²) < 4.78 is 45.4. The van der Waals surface area contributed by atoms with Crippen LogP contribution in [0.15, 0.2) is 0 Å². The lowest BCUT2D eigenvalue weighted by Gasteiger charge is -2.32. The number of hydrogen-bond acceptors (Lipinski definition) is 11. The topological polar surface area (TPSA) is 183 Å². The first-order valence-corrected chi connectivity index (χ1v) is 13.8. The van der Waals surface area contributed by atoms with Crippen LogP contribution in [0.1, 0.15) is 67.2 Å². The number of rotatable bonds is 17. The maximum Gasteiger partial charge on any atom is 0.510 e. The fraction of sp³-hybridized carbons (Fsp3) is 0.818. The Morgan fingerprint density at radius 1 is 0.892 bits per heavy atom. The Hall–Kier alpha value is -2.57. The highest BCUT2D eigenvalue weighted by molar-refractivity contribution is 7.52. The van der Waals surface area contributed by atoms with Crippen LogP contribution >= 0.6 is 7.75 Å². The van der Waals surface area contributed by atoms with Gasteiger partial charge in [0.25, 0.3) is 0 Å². The van der Waals surface area contributed by atoms with Crippen LogP contribution in [0.2, 0.25) is 0 Å². The van der Waals surface area contributed by atoms with Crippen molar-refractivity contribution in [2.24, 2.45) is 11.8 Å². The number of likely N-dealkylation sites (N-methyl/N-ethyl adjacent to an activating group) is 1. The largest absolute Gasteiger partial charge is 0.510 e. The zero-order valence-corrected chi connectivity index (χ0v) is 23.6. The maximum absolute atomic E-state index is 13.9. The van der Waals surface area contributed by atoms with Crippen molar-refractivity contribution < 1.29 is 52.1 Å². The molecule has 0 aliphatic heterocycles. The van der Waals surface area contributed by atoms with Crippen molar-refractivity contribution in [2.45, 2.75) is 79.8 Å². The average Bonchev–Trinajstić information content (AvgIpc) is 2.83. The van der Waals surface area contributed by atoms with Gasteiger partial charge in [-0.15, -0.1) is 0 Å². The number of carboxylic acid groups (broad SMARTS) is 1. The molecule has 3 N–H and O–H groups in total. The van der Waals surface area contributed by atoms with Crippen LogP contribution in [0, 0.1) is 17.2 Å². The van der Waals surface area contributed by atoms with Crippen molar-refractivity contribution in [3.8, 4) is 0 Å². The first kappa shape index (κ1) is 34.4. The summed E-state index contributed by atoms with van der Waals surface area (Å²) in [6.07, 6.45) is -3.08. The van der Waals surface area contributed by atoms with Crippen LogP contribution in [0.25, 0.3) is 0 Å².